The summed E-state index contributed by atoms with van der Waals surface area (Å²) in [4.78, 5) is 24.5. The third kappa shape index (κ3) is 3.48. The third-order valence-corrected chi connectivity index (χ3v) is 2.65. The molecule has 0 aliphatic carbocycles. The number of rotatable bonds is 5. The molecule has 0 spiro atoms. The zero-order chi connectivity index (χ0) is 12.1. The van der Waals surface area contributed by atoms with E-state index in [1.165, 1.54) is 7.11 Å². The van der Waals surface area contributed by atoms with Gasteiger partial charge in [-0.3, -0.25) is 9.59 Å². The first-order chi connectivity index (χ1) is 7.54. The van der Waals surface area contributed by atoms with E-state index in [9.17, 15) is 9.59 Å². The molecule has 1 amide bonds. The van der Waals surface area contributed by atoms with Crippen LogP contribution < -0.4 is 5.32 Å². The third-order valence-electron chi connectivity index (χ3n) is 2.65. The van der Waals surface area contributed by atoms with Crippen LogP contribution >= 0.6 is 0 Å². The van der Waals surface area contributed by atoms with Crippen molar-refractivity contribution in [1.82, 2.24) is 10.2 Å². The van der Waals surface area contributed by atoms with Gasteiger partial charge in [0.05, 0.1) is 19.6 Å². The monoisotopic (exact) mass is 228 g/mol. The summed E-state index contributed by atoms with van der Waals surface area (Å²) >= 11 is 0. The summed E-state index contributed by atoms with van der Waals surface area (Å²) in [7, 11) is 1.36. The minimum absolute atomic E-state index is 0.0855. The van der Waals surface area contributed by atoms with Crippen LogP contribution in [0.3, 0.4) is 0 Å². The molecular formula is C11H20N2O3. The fourth-order valence-corrected chi connectivity index (χ4v) is 1.85. The van der Waals surface area contributed by atoms with E-state index in [0.717, 1.165) is 13.0 Å². The average molecular weight is 228 g/mol. The van der Waals surface area contributed by atoms with Crippen molar-refractivity contribution in [3.63, 3.8) is 0 Å². The average Bonchev–Trinajstić information content (AvgIpc) is 2.56. The highest BCUT2D eigenvalue weighted by molar-refractivity contribution is 5.84. The largest absolute Gasteiger partial charge is 0.469 e. The Morgan fingerprint density at radius 2 is 2.31 bits per heavy atom. The quantitative estimate of drug-likeness (QED) is 0.680. The lowest BCUT2D eigenvalue weighted by Crippen LogP contribution is -2.41. The molecule has 5 nitrogen and oxygen atoms in total. The van der Waals surface area contributed by atoms with Crippen LogP contribution in [-0.4, -0.2) is 49.1 Å². The van der Waals surface area contributed by atoms with E-state index < -0.39 is 0 Å². The lowest BCUT2D eigenvalue weighted by atomic mass is 10.2. The van der Waals surface area contributed by atoms with Crippen LogP contribution in [0.15, 0.2) is 0 Å². The van der Waals surface area contributed by atoms with Crippen molar-refractivity contribution < 1.29 is 14.3 Å². The number of carbonyl (C=O) groups excluding carboxylic acids is 2. The molecule has 1 heterocycles. The summed E-state index contributed by atoms with van der Waals surface area (Å²) in [6.45, 7) is 5.22. The van der Waals surface area contributed by atoms with E-state index in [1.807, 2.05) is 13.8 Å². The molecule has 0 bridgehead atoms. The minimum Gasteiger partial charge on any atom is -0.469 e. The Bertz CT molecular complexity index is 266. The Labute approximate surface area is 96.1 Å². The van der Waals surface area contributed by atoms with Gasteiger partial charge in [-0.05, 0) is 6.42 Å². The predicted molar refractivity (Wildman–Crippen MR) is 59.9 cm³/mol. The topological polar surface area (TPSA) is 58.6 Å². The Morgan fingerprint density at radius 1 is 1.62 bits per heavy atom. The Kier molecular flexibility index (Phi) is 4.73. The molecule has 16 heavy (non-hydrogen) atoms. The fraction of sp³-hybridized carbons (Fsp3) is 0.818. The van der Waals surface area contributed by atoms with Gasteiger partial charge in [-0.15, -0.1) is 0 Å². The lowest BCUT2D eigenvalue weighted by molar-refractivity contribution is -0.141. The zero-order valence-electron chi connectivity index (χ0n) is 10.2. The van der Waals surface area contributed by atoms with E-state index in [4.69, 9.17) is 0 Å². The number of hydrogen-bond acceptors (Lipinski definition) is 4. The smallest absolute Gasteiger partial charge is 0.307 e. The van der Waals surface area contributed by atoms with Crippen LogP contribution in [0.4, 0.5) is 0 Å². The molecule has 92 valence electrons. The molecule has 1 aliphatic heterocycles. The van der Waals surface area contributed by atoms with E-state index >= 15 is 0 Å². The van der Waals surface area contributed by atoms with Gasteiger partial charge in [-0.1, -0.05) is 13.8 Å². The fourth-order valence-electron chi connectivity index (χ4n) is 1.85. The van der Waals surface area contributed by atoms with E-state index in [-0.39, 0.29) is 24.3 Å². The maximum atomic E-state index is 11.9. The van der Waals surface area contributed by atoms with Gasteiger partial charge in [0, 0.05) is 19.1 Å². The van der Waals surface area contributed by atoms with Gasteiger partial charge < -0.3 is 15.0 Å². The highest BCUT2D eigenvalue weighted by Gasteiger charge is 2.31. The van der Waals surface area contributed by atoms with Crippen molar-refractivity contribution in [3.8, 4) is 0 Å². The number of likely N-dealkylation sites (tertiary alicyclic amines) is 1. The van der Waals surface area contributed by atoms with Crippen molar-refractivity contribution >= 4 is 11.9 Å². The second kappa shape index (κ2) is 5.84. The molecule has 1 rings (SSSR count). The van der Waals surface area contributed by atoms with Crippen LogP contribution in [0, 0.1) is 0 Å². The number of esters is 1. The van der Waals surface area contributed by atoms with Crippen LogP contribution in [-0.2, 0) is 14.3 Å². The Morgan fingerprint density at radius 3 is 2.88 bits per heavy atom. The van der Waals surface area contributed by atoms with E-state index in [2.05, 4.69) is 10.1 Å². The van der Waals surface area contributed by atoms with Gasteiger partial charge in [0.1, 0.15) is 0 Å². The number of hydrogen-bond donors (Lipinski definition) is 1. The van der Waals surface area contributed by atoms with Crippen LogP contribution in [0.2, 0.25) is 0 Å². The number of nitrogens with one attached hydrogen (secondary N) is 1. The van der Waals surface area contributed by atoms with Crippen molar-refractivity contribution in [3.05, 3.63) is 0 Å². The first-order valence-electron chi connectivity index (χ1n) is 5.66. The molecule has 1 saturated heterocycles. The predicted octanol–water partition coefficient (Wildman–Crippen LogP) is 0.148. The molecule has 0 aromatic rings. The van der Waals surface area contributed by atoms with Gasteiger partial charge in [-0.2, -0.15) is 0 Å². The van der Waals surface area contributed by atoms with Gasteiger partial charge in [0.2, 0.25) is 5.91 Å². The number of ether oxygens (including phenoxy) is 1. The standard InChI is InChI=1S/C11H20N2O3/c1-8(2)12-9-4-6-13(11(9)15)7-5-10(14)16-3/h8-9,12H,4-7H2,1-3H3. The Hall–Kier alpha value is -1.10. The lowest BCUT2D eigenvalue weighted by Gasteiger charge is -2.17. The molecule has 0 radical (unpaired) electrons. The summed E-state index contributed by atoms with van der Waals surface area (Å²) in [6.07, 6.45) is 1.09. The van der Waals surface area contributed by atoms with Crippen LogP contribution in [0.25, 0.3) is 0 Å². The summed E-state index contributed by atoms with van der Waals surface area (Å²) in [6, 6.07) is 0.215. The van der Waals surface area contributed by atoms with Crippen molar-refractivity contribution in [2.75, 3.05) is 20.2 Å². The van der Waals surface area contributed by atoms with Crippen molar-refractivity contribution in [1.29, 1.82) is 0 Å². The number of carbonyl (C=O) groups is 2. The molecule has 0 aromatic carbocycles. The molecule has 1 atom stereocenters. The number of amides is 1. The molecule has 1 N–H and O–H groups in total. The molecule has 1 unspecified atom stereocenters. The summed E-state index contributed by atoms with van der Waals surface area (Å²) in [5, 5.41) is 3.22. The van der Waals surface area contributed by atoms with Crippen LogP contribution in [0.5, 0.6) is 0 Å². The molecule has 1 fully saturated rings. The molecule has 0 aromatic heterocycles. The number of methoxy groups -OCH3 is 1. The first-order valence-corrected chi connectivity index (χ1v) is 5.66. The highest BCUT2D eigenvalue weighted by Crippen LogP contribution is 2.12. The highest BCUT2D eigenvalue weighted by atomic mass is 16.5. The zero-order valence-corrected chi connectivity index (χ0v) is 10.2. The molecule has 0 saturated carbocycles. The summed E-state index contributed by atoms with van der Waals surface area (Å²) in [5.74, 6) is -0.175. The number of nitrogens with zero attached hydrogens (tertiary/aromatic N) is 1. The maximum absolute atomic E-state index is 11.9. The first kappa shape index (κ1) is 13.0. The maximum Gasteiger partial charge on any atom is 0.307 e. The second-order valence-electron chi connectivity index (χ2n) is 4.31. The van der Waals surface area contributed by atoms with E-state index in [0.29, 0.717) is 12.6 Å². The van der Waals surface area contributed by atoms with Gasteiger partial charge in [-0.25, -0.2) is 0 Å². The van der Waals surface area contributed by atoms with E-state index in [1.54, 1.807) is 4.90 Å². The normalized spacial score (nSPS) is 20.6. The Balaban J connectivity index is 2.36. The molecule has 5 heteroatoms. The molecule has 1 aliphatic rings. The summed E-state index contributed by atoms with van der Waals surface area (Å²) in [5.41, 5.74) is 0. The van der Waals surface area contributed by atoms with Gasteiger partial charge in [0.25, 0.3) is 0 Å². The minimum atomic E-state index is -0.270. The van der Waals surface area contributed by atoms with Crippen LogP contribution in [0.1, 0.15) is 26.7 Å². The SMILES string of the molecule is COC(=O)CCN1CCC(NC(C)C)C1=O. The van der Waals surface area contributed by atoms with Crippen molar-refractivity contribution in [2.45, 2.75) is 38.8 Å². The molecular weight excluding hydrogens is 208 g/mol. The van der Waals surface area contributed by atoms with Gasteiger partial charge >= 0.3 is 5.97 Å². The second-order valence-corrected chi connectivity index (χ2v) is 4.31. The van der Waals surface area contributed by atoms with Crippen molar-refractivity contribution in [2.24, 2.45) is 0 Å². The van der Waals surface area contributed by atoms with Gasteiger partial charge in [0.15, 0.2) is 0 Å². The summed E-state index contributed by atoms with van der Waals surface area (Å²) < 4.78 is 4.54.